The molecule has 0 radical (unpaired) electrons. The van der Waals surface area contributed by atoms with Gasteiger partial charge in [0.25, 0.3) is 5.91 Å². The van der Waals surface area contributed by atoms with E-state index >= 15 is 0 Å². The van der Waals surface area contributed by atoms with E-state index in [0.717, 1.165) is 41.7 Å². The number of nitrogens with zero attached hydrogens (tertiary/aromatic N) is 2. The molecule has 5 nitrogen and oxygen atoms in total. The van der Waals surface area contributed by atoms with E-state index in [1.807, 2.05) is 18.3 Å². The van der Waals surface area contributed by atoms with Crippen molar-refractivity contribution in [3.05, 3.63) is 35.8 Å². The number of H-pyrrole nitrogens is 1. The average molecular weight is 268 g/mol. The van der Waals surface area contributed by atoms with Gasteiger partial charge in [0.2, 0.25) is 0 Å². The zero-order valence-corrected chi connectivity index (χ0v) is 11.3. The van der Waals surface area contributed by atoms with Crippen LogP contribution in [0.3, 0.4) is 0 Å². The Balaban J connectivity index is 1.91. The van der Waals surface area contributed by atoms with Gasteiger partial charge in [0.1, 0.15) is 17.2 Å². The number of amides is 1. The van der Waals surface area contributed by atoms with Crippen molar-refractivity contribution in [3.63, 3.8) is 0 Å². The number of fused-ring (bicyclic) bond motifs is 1. The molecule has 0 saturated heterocycles. The molecule has 3 heterocycles. The number of amidine groups is 1. The van der Waals surface area contributed by atoms with Crippen molar-refractivity contribution in [2.45, 2.75) is 26.2 Å². The van der Waals surface area contributed by atoms with Gasteiger partial charge < -0.3 is 10.3 Å². The summed E-state index contributed by atoms with van der Waals surface area (Å²) in [4.78, 5) is 23.6. The Kier molecular flexibility index (Phi) is 3.33. The molecule has 2 aromatic heterocycles. The first-order valence-electron chi connectivity index (χ1n) is 6.80. The van der Waals surface area contributed by atoms with Crippen LogP contribution in [0.25, 0.3) is 17.1 Å². The summed E-state index contributed by atoms with van der Waals surface area (Å²) >= 11 is 0. The third-order valence-electron chi connectivity index (χ3n) is 3.29. The molecule has 1 amide bonds. The molecule has 0 bridgehead atoms. The molecule has 2 N–H and O–H groups in total. The summed E-state index contributed by atoms with van der Waals surface area (Å²) in [5.41, 5.74) is 2.20. The van der Waals surface area contributed by atoms with Crippen LogP contribution in [0.5, 0.6) is 0 Å². The molecule has 0 unspecified atom stereocenters. The summed E-state index contributed by atoms with van der Waals surface area (Å²) in [7, 11) is 0. The normalized spacial score (nSPS) is 16.8. The van der Waals surface area contributed by atoms with Gasteiger partial charge in [-0.25, -0.2) is 9.98 Å². The highest BCUT2D eigenvalue weighted by Gasteiger charge is 2.19. The first-order valence-corrected chi connectivity index (χ1v) is 6.80. The fraction of sp³-hybridized carbons (Fsp3) is 0.267. The molecule has 0 spiro atoms. The summed E-state index contributed by atoms with van der Waals surface area (Å²) in [5.74, 6) is 0.635. The van der Waals surface area contributed by atoms with Gasteiger partial charge in [0, 0.05) is 29.8 Å². The van der Waals surface area contributed by atoms with E-state index in [0.29, 0.717) is 5.70 Å². The van der Waals surface area contributed by atoms with E-state index in [1.54, 1.807) is 12.3 Å². The lowest BCUT2D eigenvalue weighted by Crippen LogP contribution is -2.23. The number of carbonyl (C=O) groups is 1. The zero-order chi connectivity index (χ0) is 13.9. The van der Waals surface area contributed by atoms with Crippen LogP contribution in [0.4, 0.5) is 0 Å². The van der Waals surface area contributed by atoms with Crippen LogP contribution < -0.4 is 5.32 Å². The minimum atomic E-state index is -0.130. The lowest BCUT2D eigenvalue weighted by Gasteiger charge is -1.96. The lowest BCUT2D eigenvalue weighted by molar-refractivity contribution is -0.115. The largest absolute Gasteiger partial charge is 0.346 e. The number of nitrogens with one attached hydrogen (secondary N) is 2. The van der Waals surface area contributed by atoms with Crippen molar-refractivity contribution >= 4 is 28.9 Å². The van der Waals surface area contributed by atoms with Crippen molar-refractivity contribution in [2.75, 3.05) is 0 Å². The van der Waals surface area contributed by atoms with Crippen LogP contribution in [0.1, 0.15) is 31.7 Å². The third kappa shape index (κ3) is 2.34. The van der Waals surface area contributed by atoms with Crippen molar-refractivity contribution in [3.8, 4) is 0 Å². The monoisotopic (exact) mass is 268 g/mol. The summed E-state index contributed by atoms with van der Waals surface area (Å²) in [6.45, 7) is 2.12. The molecule has 20 heavy (non-hydrogen) atoms. The number of hydrogen-bond acceptors (Lipinski definition) is 3. The van der Waals surface area contributed by atoms with Crippen molar-refractivity contribution < 1.29 is 4.79 Å². The van der Waals surface area contributed by atoms with Gasteiger partial charge in [-0.1, -0.05) is 13.3 Å². The number of pyridine rings is 1. The number of aliphatic imine (C=N–C) groups is 1. The molecule has 0 saturated carbocycles. The number of aromatic nitrogens is 2. The Morgan fingerprint density at radius 3 is 3.15 bits per heavy atom. The molecular formula is C15H16N4O. The van der Waals surface area contributed by atoms with E-state index in [-0.39, 0.29) is 5.91 Å². The Morgan fingerprint density at radius 1 is 1.40 bits per heavy atom. The maximum Gasteiger partial charge on any atom is 0.275 e. The number of carbonyl (C=O) groups excluding carboxylic acids is 1. The minimum Gasteiger partial charge on any atom is -0.346 e. The second-order valence-electron chi connectivity index (χ2n) is 4.79. The molecule has 5 heteroatoms. The van der Waals surface area contributed by atoms with Crippen LogP contribution in [-0.2, 0) is 4.79 Å². The summed E-state index contributed by atoms with van der Waals surface area (Å²) in [6, 6.07) is 3.85. The van der Waals surface area contributed by atoms with Gasteiger partial charge in [-0.15, -0.1) is 0 Å². The fourth-order valence-corrected chi connectivity index (χ4v) is 2.22. The quantitative estimate of drug-likeness (QED) is 0.837. The highest BCUT2D eigenvalue weighted by molar-refractivity contribution is 6.14. The number of aromatic amines is 1. The summed E-state index contributed by atoms with van der Waals surface area (Å²) in [5, 5.41) is 3.81. The van der Waals surface area contributed by atoms with E-state index in [1.165, 1.54) is 0 Å². The first kappa shape index (κ1) is 12.6. The Hall–Kier alpha value is -2.43. The minimum absolute atomic E-state index is 0.130. The van der Waals surface area contributed by atoms with Gasteiger partial charge in [0.05, 0.1) is 0 Å². The van der Waals surface area contributed by atoms with Crippen molar-refractivity contribution in [2.24, 2.45) is 4.99 Å². The molecule has 3 rings (SSSR count). The number of hydrogen-bond donors (Lipinski definition) is 2. The Bertz CT molecular complexity index is 711. The number of rotatable bonds is 4. The SMILES string of the molecule is CCCCC1=NC(=Cc2c[nH]c3ncccc23)C(=O)N1. The van der Waals surface area contributed by atoms with E-state index in [9.17, 15) is 4.79 Å². The van der Waals surface area contributed by atoms with Gasteiger partial charge in [-0.05, 0) is 24.6 Å². The standard InChI is InChI=1S/C15H16N4O/c1-2-3-6-13-18-12(15(20)19-13)8-10-9-17-14-11(10)5-4-7-16-14/h4-5,7-9H,2-3,6H2,1H3,(H,16,17)(H,18,19,20). The molecule has 2 aromatic rings. The predicted molar refractivity (Wildman–Crippen MR) is 79.2 cm³/mol. The van der Waals surface area contributed by atoms with Crippen LogP contribution in [0.15, 0.2) is 35.2 Å². The third-order valence-corrected chi connectivity index (χ3v) is 3.29. The molecule has 0 aromatic carbocycles. The molecule has 102 valence electrons. The van der Waals surface area contributed by atoms with Crippen LogP contribution in [0, 0.1) is 0 Å². The van der Waals surface area contributed by atoms with Crippen LogP contribution in [0.2, 0.25) is 0 Å². The average Bonchev–Trinajstić information content (AvgIpc) is 3.02. The zero-order valence-electron chi connectivity index (χ0n) is 11.3. The van der Waals surface area contributed by atoms with E-state index in [2.05, 4.69) is 27.2 Å². The van der Waals surface area contributed by atoms with E-state index in [4.69, 9.17) is 0 Å². The molecule has 0 fully saturated rings. The highest BCUT2D eigenvalue weighted by atomic mass is 16.2. The Labute approximate surface area is 116 Å². The maximum atomic E-state index is 11.9. The second kappa shape index (κ2) is 5.28. The van der Waals surface area contributed by atoms with Crippen molar-refractivity contribution in [1.29, 1.82) is 0 Å². The predicted octanol–water partition coefficient (Wildman–Crippen LogP) is 2.62. The van der Waals surface area contributed by atoms with Crippen LogP contribution >= 0.6 is 0 Å². The topological polar surface area (TPSA) is 70.1 Å². The van der Waals surface area contributed by atoms with Gasteiger partial charge in [0.15, 0.2) is 0 Å². The molecule has 0 aliphatic carbocycles. The smallest absolute Gasteiger partial charge is 0.275 e. The fourth-order valence-electron chi connectivity index (χ4n) is 2.22. The lowest BCUT2D eigenvalue weighted by atomic mass is 10.2. The van der Waals surface area contributed by atoms with Gasteiger partial charge in [-0.3, -0.25) is 4.79 Å². The van der Waals surface area contributed by atoms with Crippen LogP contribution in [-0.4, -0.2) is 21.7 Å². The molecule has 1 aliphatic rings. The molecule has 1 aliphatic heterocycles. The summed E-state index contributed by atoms with van der Waals surface area (Å²) in [6.07, 6.45) is 8.31. The molecule has 0 atom stereocenters. The maximum absolute atomic E-state index is 11.9. The second-order valence-corrected chi connectivity index (χ2v) is 4.79. The van der Waals surface area contributed by atoms with Crippen molar-refractivity contribution in [1.82, 2.24) is 15.3 Å². The van der Waals surface area contributed by atoms with Gasteiger partial charge >= 0.3 is 0 Å². The highest BCUT2D eigenvalue weighted by Crippen LogP contribution is 2.20. The molecular weight excluding hydrogens is 252 g/mol. The van der Waals surface area contributed by atoms with E-state index < -0.39 is 0 Å². The van der Waals surface area contributed by atoms with Gasteiger partial charge in [-0.2, -0.15) is 0 Å². The number of unbranched alkanes of at least 4 members (excludes halogenated alkanes) is 1. The first-order chi connectivity index (χ1) is 9.78. The Morgan fingerprint density at radius 2 is 2.30 bits per heavy atom. The summed E-state index contributed by atoms with van der Waals surface area (Å²) < 4.78 is 0.